The number of aromatic nitrogens is 3. The second-order valence-corrected chi connectivity index (χ2v) is 8.61. The van der Waals surface area contributed by atoms with Crippen LogP contribution >= 0.6 is 0 Å². The molecule has 1 aliphatic heterocycles. The number of nitrogens with zero attached hydrogens (tertiary/aromatic N) is 4. The number of benzene rings is 1. The van der Waals surface area contributed by atoms with Crippen LogP contribution in [0.3, 0.4) is 0 Å². The van der Waals surface area contributed by atoms with Crippen LogP contribution in [-0.2, 0) is 0 Å². The molecule has 1 aromatic carbocycles. The highest BCUT2D eigenvalue weighted by Gasteiger charge is 2.25. The Bertz CT molecular complexity index is 1230. The second kappa shape index (κ2) is 9.68. The second-order valence-electron chi connectivity index (χ2n) is 8.61. The van der Waals surface area contributed by atoms with Gasteiger partial charge in [-0.3, -0.25) is 5.10 Å². The molecule has 0 amide bonds. The van der Waals surface area contributed by atoms with E-state index in [9.17, 15) is 4.39 Å². The number of amidine groups is 1. The fourth-order valence-corrected chi connectivity index (χ4v) is 4.08. The van der Waals surface area contributed by atoms with Gasteiger partial charge in [-0.2, -0.15) is 5.10 Å². The lowest BCUT2D eigenvalue weighted by molar-refractivity contribution is 0.307. The molecule has 2 fully saturated rings. The first-order chi connectivity index (χ1) is 16.6. The summed E-state index contributed by atoms with van der Waals surface area (Å²) >= 11 is 0. The molecule has 10 heteroatoms. The average molecular weight is 465 g/mol. The Morgan fingerprint density at radius 2 is 2.15 bits per heavy atom. The Morgan fingerprint density at radius 1 is 1.32 bits per heavy atom. The van der Waals surface area contributed by atoms with Gasteiger partial charge in [0.2, 0.25) is 0 Å². The van der Waals surface area contributed by atoms with E-state index in [1.807, 2.05) is 25.1 Å². The molecule has 9 nitrogen and oxygen atoms in total. The van der Waals surface area contributed by atoms with Crippen molar-refractivity contribution in [1.29, 1.82) is 0 Å². The maximum Gasteiger partial charge on any atom is 0.181 e. The van der Waals surface area contributed by atoms with Gasteiger partial charge in [0, 0.05) is 66.5 Å². The van der Waals surface area contributed by atoms with Crippen molar-refractivity contribution in [3.05, 3.63) is 53.4 Å². The average Bonchev–Trinajstić information content (AvgIpc) is 3.47. The molecule has 1 aliphatic carbocycles. The number of aromatic amines is 2. The number of anilines is 1. The zero-order valence-corrected chi connectivity index (χ0v) is 19.2. The lowest BCUT2D eigenvalue weighted by Gasteiger charge is -2.29. The smallest absolute Gasteiger partial charge is 0.181 e. The summed E-state index contributed by atoms with van der Waals surface area (Å²) < 4.78 is 20.6. The molecule has 3 heterocycles. The molecule has 0 spiro atoms. The van der Waals surface area contributed by atoms with Crippen LogP contribution in [0, 0.1) is 12.7 Å². The first-order valence-corrected chi connectivity index (χ1v) is 11.5. The number of hydrogen-bond donors (Lipinski definition) is 4. The molecule has 1 saturated carbocycles. The van der Waals surface area contributed by atoms with E-state index < -0.39 is 5.82 Å². The van der Waals surface area contributed by atoms with Gasteiger partial charge in [0.15, 0.2) is 24.1 Å². The zero-order valence-electron chi connectivity index (χ0n) is 19.2. The summed E-state index contributed by atoms with van der Waals surface area (Å²) in [6.45, 7) is 8.83. The third kappa shape index (κ3) is 4.96. The van der Waals surface area contributed by atoms with Crippen molar-refractivity contribution in [3.63, 3.8) is 0 Å². The van der Waals surface area contributed by atoms with Gasteiger partial charge in [-0.25, -0.2) is 14.4 Å². The summed E-state index contributed by atoms with van der Waals surface area (Å²) in [4.78, 5) is 14.0. The highest BCUT2D eigenvalue weighted by molar-refractivity contribution is 5.94. The van der Waals surface area contributed by atoms with Gasteiger partial charge in [-0.05, 0) is 44.7 Å². The molecular weight excluding hydrogens is 435 g/mol. The third-order valence-corrected chi connectivity index (χ3v) is 6.03. The molecule has 178 valence electrons. The Hall–Kier alpha value is -3.66. The van der Waals surface area contributed by atoms with Crippen molar-refractivity contribution in [2.24, 2.45) is 9.98 Å². The Kier molecular flexibility index (Phi) is 6.31. The highest BCUT2D eigenvalue weighted by Crippen LogP contribution is 2.39. The number of ether oxygens (including phenoxy) is 1. The topological polar surface area (TPSA) is 106 Å². The monoisotopic (exact) mass is 464 g/mol. The van der Waals surface area contributed by atoms with Crippen LogP contribution in [0.15, 0.2) is 46.1 Å². The SMILES string of the molecule is C=N/C(=C\C(=N/COc1ccc2[nH]c(C)cc2c1F)N1CCNCC1)Nc1cc(C2CC2)[nH]n1. The Labute approximate surface area is 197 Å². The van der Waals surface area contributed by atoms with Crippen molar-refractivity contribution in [1.82, 2.24) is 25.4 Å². The van der Waals surface area contributed by atoms with Crippen molar-refractivity contribution >= 4 is 29.3 Å². The minimum absolute atomic E-state index is 0.0275. The number of hydrogen-bond acceptors (Lipinski definition) is 6. The van der Waals surface area contributed by atoms with E-state index >= 15 is 0 Å². The molecule has 2 aromatic heterocycles. The van der Waals surface area contributed by atoms with Crippen LogP contribution in [0.4, 0.5) is 10.2 Å². The fraction of sp³-hybridized carbons (Fsp3) is 0.375. The predicted octanol–water partition coefficient (Wildman–Crippen LogP) is 3.51. The molecule has 0 unspecified atom stereocenters. The van der Waals surface area contributed by atoms with Gasteiger partial charge in [0.25, 0.3) is 0 Å². The number of H-pyrrole nitrogens is 2. The van der Waals surface area contributed by atoms with Crippen LogP contribution in [0.5, 0.6) is 5.75 Å². The van der Waals surface area contributed by atoms with Crippen molar-refractivity contribution in [3.8, 4) is 5.75 Å². The van der Waals surface area contributed by atoms with Crippen LogP contribution in [0.1, 0.15) is 30.1 Å². The van der Waals surface area contributed by atoms with Crippen LogP contribution in [0.2, 0.25) is 0 Å². The lowest BCUT2D eigenvalue weighted by Crippen LogP contribution is -2.46. The van der Waals surface area contributed by atoms with Crippen molar-refractivity contribution in [2.45, 2.75) is 25.7 Å². The van der Waals surface area contributed by atoms with Gasteiger partial charge in [-0.15, -0.1) is 0 Å². The maximum absolute atomic E-state index is 14.9. The first-order valence-electron chi connectivity index (χ1n) is 11.5. The summed E-state index contributed by atoms with van der Waals surface area (Å²) in [5, 5.41) is 14.5. The number of piperazine rings is 1. The maximum atomic E-state index is 14.9. The summed E-state index contributed by atoms with van der Waals surface area (Å²) in [5.41, 5.74) is 2.77. The lowest BCUT2D eigenvalue weighted by atomic mass is 10.2. The van der Waals surface area contributed by atoms with Crippen LogP contribution < -0.4 is 15.4 Å². The van der Waals surface area contributed by atoms with Crippen LogP contribution in [0.25, 0.3) is 10.9 Å². The summed E-state index contributed by atoms with van der Waals surface area (Å²) in [7, 11) is 0. The summed E-state index contributed by atoms with van der Waals surface area (Å²) in [6, 6.07) is 7.21. The summed E-state index contributed by atoms with van der Waals surface area (Å²) in [5.74, 6) is 2.26. The molecule has 4 N–H and O–H groups in total. The van der Waals surface area contributed by atoms with Crippen molar-refractivity contribution in [2.75, 3.05) is 38.2 Å². The molecule has 34 heavy (non-hydrogen) atoms. The predicted molar refractivity (Wildman–Crippen MR) is 132 cm³/mol. The normalized spacial score (nSPS) is 17.3. The van der Waals surface area contributed by atoms with Gasteiger partial charge >= 0.3 is 0 Å². The van der Waals surface area contributed by atoms with E-state index in [1.165, 1.54) is 12.8 Å². The highest BCUT2D eigenvalue weighted by atomic mass is 19.1. The van der Waals surface area contributed by atoms with E-state index in [4.69, 9.17) is 4.74 Å². The Morgan fingerprint density at radius 3 is 2.91 bits per heavy atom. The number of nitrogens with one attached hydrogen (secondary N) is 4. The quantitative estimate of drug-likeness (QED) is 0.302. The molecule has 0 radical (unpaired) electrons. The molecule has 3 aromatic rings. The molecule has 0 bridgehead atoms. The number of halogens is 1. The van der Waals surface area contributed by atoms with E-state index in [1.54, 1.807) is 12.1 Å². The number of aryl methyl sites for hydroxylation is 1. The third-order valence-electron chi connectivity index (χ3n) is 6.03. The van der Waals surface area contributed by atoms with Crippen molar-refractivity contribution < 1.29 is 9.13 Å². The Balaban J connectivity index is 1.34. The van der Waals surface area contributed by atoms with E-state index in [2.05, 4.69) is 47.4 Å². The summed E-state index contributed by atoms with van der Waals surface area (Å²) in [6.07, 6.45) is 4.21. The minimum Gasteiger partial charge on any atom is -0.468 e. The number of rotatable bonds is 8. The number of fused-ring (bicyclic) bond motifs is 1. The molecule has 1 saturated heterocycles. The molecule has 5 rings (SSSR count). The zero-order chi connectivity index (χ0) is 23.5. The largest absolute Gasteiger partial charge is 0.468 e. The standard InChI is InChI=1S/C24H29FN8O/c1-15-11-17-18(29-15)5-6-20(24(17)25)34-14-28-23(33-9-7-27-8-10-33)13-21(26-2)30-22-12-19(31-32-22)16-3-4-16/h5-6,11-13,16,27,29H,2-4,7-10,14H2,1H3,(H2,30,31,32)/b21-13+,28-23+. The van der Waals surface area contributed by atoms with Gasteiger partial charge in [-0.1, -0.05) is 0 Å². The van der Waals surface area contributed by atoms with Gasteiger partial charge in [0.05, 0.1) is 0 Å². The molecular formula is C24H29FN8O. The molecule has 2 aliphatic rings. The molecule has 0 atom stereocenters. The number of aliphatic imine (C=N–C) groups is 2. The van der Waals surface area contributed by atoms with E-state index in [0.717, 1.165) is 43.1 Å². The fourth-order valence-electron chi connectivity index (χ4n) is 4.08. The van der Waals surface area contributed by atoms with Gasteiger partial charge in [0.1, 0.15) is 11.7 Å². The van der Waals surface area contributed by atoms with Crippen LogP contribution in [-0.4, -0.2) is 65.5 Å². The minimum atomic E-state index is -0.392. The van der Waals surface area contributed by atoms with Gasteiger partial charge < -0.3 is 25.3 Å². The van der Waals surface area contributed by atoms with E-state index in [0.29, 0.717) is 28.8 Å². The van der Waals surface area contributed by atoms with E-state index in [-0.39, 0.29) is 12.5 Å². The first kappa shape index (κ1) is 22.1.